The molecule has 1 rings (SSSR count). The highest BCUT2D eigenvalue weighted by Crippen LogP contribution is 1.93. The molecule has 1 fully saturated rings. The molecule has 0 saturated carbocycles. The number of nitrogens with one attached hydrogen (secondary N) is 1. The summed E-state index contributed by atoms with van der Waals surface area (Å²) >= 11 is 4.67. The lowest BCUT2D eigenvalue weighted by Gasteiger charge is -2.31. The predicted octanol–water partition coefficient (Wildman–Crippen LogP) is -0.304. The molecule has 1 aliphatic rings. The highest BCUT2D eigenvalue weighted by molar-refractivity contribution is 7.78. The van der Waals surface area contributed by atoms with Crippen molar-refractivity contribution in [3.05, 3.63) is 0 Å². The summed E-state index contributed by atoms with van der Waals surface area (Å²) in [5, 5.41) is 2.13. The van der Waals surface area contributed by atoms with Crippen molar-refractivity contribution in [1.82, 2.24) is 15.3 Å². The van der Waals surface area contributed by atoms with Gasteiger partial charge in [-0.25, -0.2) is 5.01 Å². The molecule has 1 saturated heterocycles. The third-order valence-electron chi connectivity index (χ3n) is 1.74. The molecular weight excluding hydrogens is 146 g/mol. The number of piperazine rings is 1. The Labute approximate surface area is 67.0 Å². The maximum absolute atomic E-state index is 4.67. The van der Waals surface area contributed by atoms with Crippen LogP contribution < -0.4 is 5.43 Å². The van der Waals surface area contributed by atoms with E-state index in [0.29, 0.717) is 0 Å². The molecule has 3 nitrogen and oxygen atoms in total. The van der Waals surface area contributed by atoms with Gasteiger partial charge in [0.05, 0.1) is 5.49 Å². The second kappa shape index (κ2) is 3.85. The Morgan fingerprint density at radius 2 is 1.90 bits per heavy atom. The topological polar surface area (TPSA) is 18.5 Å². The van der Waals surface area contributed by atoms with Crippen LogP contribution in [-0.2, 0) is 0 Å². The van der Waals surface area contributed by atoms with Gasteiger partial charge in [0.2, 0.25) is 0 Å². The van der Waals surface area contributed by atoms with E-state index in [1.807, 2.05) is 0 Å². The van der Waals surface area contributed by atoms with E-state index in [1.165, 1.54) is 0 Å². The van der Waals surface area contributed by atoms with Gasteiger partial charge >= 0.3 is 0 Å². The van der Waals surface area contributed by atoms with E-state index in [0.717, 1.165) is 26.2 Å². The first-order valence-corrected chi connectivity index (χ1v) is 3.93. The van der Waals surface area contributed by atoms with E-state index in [9.17, 15) is 0 Å². The van der Waals surface area contributed by atoms with Gasteiger partial charge in [0.15, 0.2) is 0 Å². The summed E-state index contributed by atoms with van der Waals surface area (Å²) in [6, 6.07) is 0. The van der Waals surface area contributed by atoms with Crippen molar-refractivity contribution in [2.75, 3.05) is 33.2 Å². The average Bonchev–Trinajstić information content (AvgIpc) is 1.95. The number of hydrogen-bond donors (Lipinski definition) is 1. The van der Waals surface area contributed by atoms with Gasteiger partial charge in [0, 0.05) is 26.2 Å². The molecule has 0 aromatic heterocycles. The summed E-state index contributed by atoms with van der Waals surface area (Å²) in [4.78, 5) is 2.31. The first-order valence-electron chi connectivity index (χ1n) is 3.46. The summed E-state index contributed by atoms with van der Waals surface area (Å²) in [6.45, 7) is 4.36. The largest absolute Gasteiger partial charge is 0.315 e. The summed E-state index contributed by atoms with van der Waals surface area (Å²) in [7, 11) is 2.13. The zero-order chi connectivity index (χ0) is 7.40. The molecule has 1 N–H and O–H groups in total. The predicted molar refractivity (Wildman–Crippen MR) is 45.9 cm³/mol. The van der Waals surface area contributed by atoms with Gasteiger partial charge in [-0.3, -0.25) is 0 Å². The maximum atomic E-state index is 4.67. The van der Waals surface area contributed by atoms with Gasteiger partial charge in [-0.15, -0.1) is 0 Å². The fourth-order valence-corrected chi connectivity index (χ4v) is 1.16. The van der Waals surface area contributed by atoms with E-state index in [-0.39, 0.29) is 0 Å². The molecule has 1 aliphatic heterocycles. The molecule has 0 aliphatic carbocycles. The first kappa shape index (κ1) is 7.91. The molecule has 1 heterocycles. The molecule has 0 amide bonds. The first-order chi connectivity index (χ1) is 4.83. The number of rotatable bonds is 2. The van der Waals surface area contributed by atoms with Gasteiger partial charge < -0.3 is 10.3 Å². The third-order valence-corrected chi connectivity index (χ3v) is 1.84. The van der Waals surface area contributed by atoms with E-state index in [4.69, 9.17) is 0 Å². The van der Waals surface area contributed by atoms with Gasteiger partial charge in [-0.1, -0.05) is 12.2 Å². The SMILES string of the molecule is CN1CCN(NC=S)CC1. The number of likely N-dealkylation sites (N-methyl/N-ethyl adjacent to an activating group) is 1. The van der Waals surface area contributed by atoms with Crippen LogP contribution in [0, 0.1) is 0 Å². The van der Waals surface area contributed by atoms with Gasteiger partial charge in [0.25, 0.3) is 0 Å². The van der Waals surface area contributed by atoms with Crippen LogP contribution in [0.2, 0.25) is 0 Å². The van der Waals surface area contributed by atoms with Crippen LogP contribution in [0.1, 0.15) is 0 Å². The Morgan fingerprint density at radius 1 is 1.30 bits per heavy atom. The van der Waals surface area contributed by atoms with Crippen molar-refractivity contribution in [2.45, 2.75) is 0 Å². The van der Waals surface area contributed by atoms with Gasteiger partial charge in [0.1, 0.15) is 0 Å². The highest BCUT2D eigenvalue weighted by atomic mass is 32.1. The van der Waals surface area contributed by atoms with Crippen LogP contribution in [-0.4, -0.2) is 48.6 Å². The fourth-order valence-electron chi connectivity index (χ4n) is 1.01. The van der Waals surface area contributed by atoms with Crippen LogP contribution in [0.15, 0.2) is 0 Å². The van der Waals surface area contributed by atoms with Gasteiger partial charge in [-0.2, -0.15) is 0 Å². The summed E-state index contributed by atoms with van der Waals surface area (Å²) in [5.41, 5.74) is 4.56. The molecule has 0 spiro atoms. The zero-order valence-electron chi connectivity index (χ0n) is 6.21. The smallest absolute Gasteiger partial charge is 0.0759 e. The second-order valence-corrected chi connectivity index (χ2v) is 2.77. The highest BCUT2D eigenvalue weighted by Gasteiger charge is 2.11. The second-order valence-electron chi connectivity index (χ2n) is 2.54. The number of hydrazine groups is 1. The summed E-state index contributed by atoms with van der Waals surface area (Å²) in [6.07, 6.45) is 0. The molecule has 0 unspecified atom stereocenters. The summed E-state index contributed by atoms with van der Waals surface area (Å²) in [5.74, 6) is 0. The van der Waals surface area contributed by atoms with Crippen LogP contribution >= 0.6 is 12.2 Å². The minimum atomic E-state index is 1.06. The average molecular weight is 159 g/mol. The van der Waals surface area contributed by atoms with Crippen molar-refractivity contribution >= 4 is 17.7 Å². The monoisotopic (exact) mass is 159 g/mol. The standard InChI is InChI=1S/C6H13N3S/c1-8-2-4-9(5-3-8)7-6-10/h6H,2-5H2,1H3,(H,7,10). The Hall–Kier alpha value is -0.190. The van der Waals surface area contributed by atoms with Crippen LogP contribution in [0.5, 0.6) is 0 Å². The summed E-state index contributed by atoms with van der Waals surface area (Å²) < 4.78 is 0. The zero-order valence-corrected chi connectivity index (χ0v) is 7.02. The Balaban J connectivity index is 2.19. The lowest BCUT2D eigenvalue weighted by atomic mass is 10.4. The van der Waals surface area contributed by atoms with Gasteiger partial charge in [-0.05, 0) is 7.05 Å². The van der Waals surface area contributed by atoms with E-state index in [2.05, 4.69) is 34.6 Å². The third kappa shape index (κ3) is 2.21. The number of nitrogens with zero attached hydrogens (tertiary/aromatic N) is 2. The van der Waals surface area contributed by atoms with Crippen molar-refractivity contribution in [3.8, 4) is 0 Å². The Morgan fingerprint density at radius 3 is 2.40 bits per heavy atom. The molecule has 0 bridgehead atoms. The normalized spacial score (nSPS) is 22.5. The van der Waals surface area contributed by atoms with Crippen LogP contribution in [0.3, 0.4) is 0 Å². The molecule has 10 heavy (non-hydrogen) atoms. The molecule has 0 radical (unpaired) electrons. The lowest BCUT2D eigenvalue weighted by molar-refractivity contribution is 0.133. The van der Waals surface area contributed by atoms with E-state index >= 15 is 0 Å². The number of hydrogen-bond acceptors (Lipinski definition) is 3. The van der Waals surface area contributed by atoms with Crippen molar-refractivity contribution in [1.29, 1.82) is 0 Å². The van der Waals surface area contributed by atoms with Crippen molar-refractivity contribution in [3.63, 3.8) is 0 Å². The molecule has 4 heteroatoms. The Bertz CT molecular complexity index is 110. The quantitative estimate of drug-likeness (QED) is 0.557. The van der Waals surface area contributed by atoms with Crippen LogP contribution in [0.4, 0.5) is 0 Å². The van der Waals surface area contributed by atoms with E-state index < -0.39 is 0 Å². The number of thiocarbonyl (C=S) groups is 1. The molecular formula is C6H13N3S. The lowest BCUT2D eigenvalue weighted by Crippen LogP contribution is -2.50. The van der Waals surface area contributed by atoms with Crippen LogP contribution in [0.25, 0.3) is 0 Å². The molecule has 0 aromatic rings. The molecule has 0 atom stereocenters. The van der Waals surface area contributed by atoms with Crippen molar-refractivity contribution in [2.24, 2.45) is 0 Å². The maximum Gasteiger partial charge on any atom is 0.0759 e. The van der Waals surface area contributed by atoms with Crippen molar-refractivity contribution < 1.29 is 0 Å². The minimum Gasteiger partial charge on any atom is -0.315 e. The Kier molecular flexibility index (Phi) is 3.05. The minimum absolute atomic E-state index is 1.06. The fraction of sp³-hybridized carbons (Fsp3) is 0.833. The molecule has 58 valence electrons. The van der Waals surface area contributed by atoms with E-state index in [1.54, 1.807) is 5.49 Å². The molecule has 0 aromatic carbocycles.